The number of ether oxygens (including phenoxy) is 2. The summed E-state index contributed by atoms with van der Waals surface area (Å²) in [6.45, 7) is 7.09. The molecule has 29 heavy (non-hydrogen) atoms. The number of carbonyl (C=O) groups is 1. The molecule has 5 heteroatoms. The molecule has 0 fully saturated rings. The van der Waals surface area contributed by atoms with E-state index in [1.807, 2.05) is 62.4 Å². The van der Waals surface area contributed by atoms with Gasteiger partial charge in [0.05, 0.1) is 19.3 Å². The Morgan fingerprint density at radius 3 is 2.41 bits per heavy atom. The SMILES string of the molecule is CCCCCCCOc1cccc(NC(=O)CNc2ccc(OC(C)C)cc2)c1. The first-order chi connectivity index (χ1) is 14.1. The van der Waals surface area contributed by atoms with Crippen molar-refractivity contribution in [3.63, 3.8) is 0 Å². The van der Waals surface area contributed by atoms with Gasteiger partial charge in [-0.15, -0.1) is 0 Å². The third-order valence-corrected chi connectivity index (χ3v) is 4.31. The standard InChI is InChI=1S/C24H34N2O3/c1-4-5-6-7-8-16-28-23-11-9-10-21(17-23)26-24(27)18-25-20-12-14-22(15-13-20)29-19(2)3/h9-15,17,19,25H,4-8,16,18H2,1-3H3,(H,26,27). The summed E-state index contributed by atoms with van der Waals surface area (Å²) in [5.74, 6) is 1.49. The molecule has 1 amide bonds. The minimum absolute atomic E-state index is 0.107. The minimum atomic E-state index is -0.107. The van der Waals surface area contributed by atoms with E-state index in [-0.39, 0.29) is 18.6 Å². The lowest BCUT2D eigenvalue weighted by atomic mass is 10.2. The van der Waals surface area contributed by atoms with Crippen molar-refractivity contribution in [3.8, 4) is 11.5 Å². The topological polar surface area (TPSA) is 59.6 Å². The molecule has 0 radical (unpaired) electrons. The van der Waals surface area contributed by atoms with Crippen LogP contribution in [0.15, 0.2) is 48.5 Å². The van der Waals surface area contributed by atoms with Crippen LogP contribution in [-0.4, -0.2) is 25.2 Å². The average molecular weight is 399 g/mol. The number of amides is 1. The molecule has 0 bridgehead atoms. The molecular weight excluding hydrogens is 364 g/mol. The van der Waals surface area contributed by atoms with Crippen molar-refractivity contribution in [2.75, 3.05) is 23.8 Å². The van der Waals surface area contributed by atoms with Crippen LogP contribution in [0.1, 0.15) is 52.9 Å². The maximum Gasteiger partial charge on any atom is 0.243 e. The fourth-order valence-corrected chi connectivity index (χ4v) is 2.87. The van der Waals surface area contributed by atoms with E-state index in [2.05, 4.69) is 17.6 Å². The molecule has 2 aromatic rings. The molecule has 0 saturated heterocycles. The molecule has 2 aromatic carbocycles. The number of unbranched alkanes of at least 4 members (excludes halogenated alkanes) is 4. The Kier molecular flexibility index (Phi) is 9.90. The maximum atomic E-state index is 12.2. The number of hydrogen-bond acceptors (Lipinski definition) is 4. The van der Waals surface area contributed by atoms with Gasteiger partial charge in [-0.2, -0.15) is 0 Å². The summed E-state index contributed by atoms with van der Waals surface area (Å²) in [7, 11) is 0. The Balaban J connectivity index is 1.73. The van der Waals surface area contributed by atoms with Crippen LogP contribution < -0.4 is 20.1 Å². The van der Waals surface area contributed by atoms with Crippen molar-refractivity contribution in [1.29, 1.82) is 0 Å². The van der Waals surface area contributed by atoms with Gasteiger partial charge in [-0.3, -0.25) is 4.79 Å². The third-order valence-electron chi connectivity index (χ3n) is 4.31. The number of anilines is 2. The van der Waals surface area contributed by atoms with Gasteiger partial charge < -0.3 is 20.1 Å². The molecule has 2 N–H and O–H groups in total. The first kappa shape index (κ1) is 22.6. The maximum absolute atomic E-state index is 12.2. The van der Waals surface area contributed by atoms with Gasteiger partial charge in [0.15, 0.2) is 0 Å². The first-order valence-electron chi connectivity index (χ1n) is 10.6. The molecule has 0 spiro atoms. The fourth-order valence-electron chi connectivity index (χ4n) is 2.87. The lowest BCUT2D eigenvalue weighted by molar-refractivity contribution is -0.114. The molecule has 0 aliphatic heterocycles. The van der Waals surface area contributed by atoms with Gasteiger partial charge in [0, 0.05) is 17.4 Å². The van der Waals surface area contributed by atoms with E-state index >= 15 is 0 Å². The van der Waals surface area contributed by atoms with Crippen LogP contribution in [-0.2, 0) is 4.79 Å². The lowest BCUT2D eigenvalue weighted by Gasteiger charge is -2.12. The average Bonchev–Trinajstić information content (AvgIpc) is 2.70. The molecule has 0 aliphatic carbocycles. The minimum Gasteiger partial charge on any atom is -0.494 e. The van der Waals surface area contributed by atoms with Crippen molar-refractivity contribution in [3.05, 3.63) is 48.5 Å². The van der Waals surface area contributed by atoms with Crippen molar-refractivity contribution in [2.24, 2.45) is 0 Å². The number of nitrogens with one attached hydrogen (secondary N) is 2. The van der Waals surface area contributed by atoms with Gasteiger partial charge in [0.1, 0.15) is 11.5 Å². The van der Waals surface area contributed by atoms with E-state index in [0.717, 1.165) is 29.3 Å². The number of benzene rings is 2. The summed E-state index contributed by atoms with van der Waals surface area (Å²) >= 11 is 0. The molecular formula is C24H34N2O3. The van der Waals surface area contributed by atoms with Gasteiger partial charge in [-0.05, 0) is 56.7 Å². The van der Waals surface area contributed by atoms with Crippen LogP contribution in [0.4, 0.5) is 11.4 Å². The highest BCUT2D eigenvalue weighted by atomic mass is 16.5. The predicted molar refractivity (Wildman–Crippen MR) is 120 cm³/mol. The highest BCUT2D eigenvalue weighted by Crippen LogP contribution is 2.19. The smallest absolute Gasteiger partial charge is 0.243 e. The van der Waals surface area contributed by atoms with E-state index in [1.54, 1.807) is 0 Å². The summed E-state index contributed by atoms with van der Waals surface area (Å²) in [6.07, 6.45) is 6.18. The van der Waals surface area contributed by atoms with Crippen molar-refractivity contribution < 1.29 is 14.3 Å². The molecule has 0 unspecified atom stereocenters. The van der Waals surface area contributed by atoms with Crippen molar-refractivity contribution in [1.82, 2.24) is 0 Å². The second-order valence-electron chi connectivity index (χ2n) is 7.38. The van der Waals surface area contributed by atoms with Gasteiger partial charge in [0.2, 0.25) is 5.91 Å². The zero-order valence-corrected chi connectivity index (χ0v) is 17.9. The summed E-state index contributed by atoms with van der Waals surface area (Å²) in [6, 6.07) is 15.1. The molecule has 0 atom stereocenters. The predicted octanol–water partition coefficient (Wildman–Crippen LogP) is 5.87. The Morgan fingerprint density at radius 2 is 1.69 bits per heavy atom. The Bertz CT molecular complexity index is 729. The lowest BCUT2D eigenvalue weighted by Crippen LogP contribution is -2.21. The van der Waals surface area contributed by atoms with E-state index < -0.39 is 0 Å². The molecule has 0 saturated carbocycles. The second-order valence-corrected chi connectivity index (χ2v) is 7.38. The number of rotatable bonds is 13. The summed E-state index contributed by atoms with van der Waals surface area (Å²) in [5, 5.41) is 6.02. The van der Waals surface area contributed by atoms with E-state index in [0.29, 0.717) is 6.61 Å². The quantitative estimate of drug-likeness (QED) is 0.414. The second kappa shape index (κ2) is 12.7. The molecule has 5 nitrogen and oxygen atoms in total. The third kappa shape index (κ3) is 9.37. The molecule has 0 heterocycles. The Morgan fingerprint density at radius 1 is 0.931 bits per heavy atom. The van der Waals surface area contributed by atoms with Crippen molar-refractivity contribution in [2.45, 2.75) is 59.0 Å². The zero-order valence-electron chi connectivity index (χ0n) is 17.9. The first-order valence-corrected chi connectivity index (χ1v) is 10.6. The number of hydrogen-bond donors (Lipinski definition) is 2. The molecule has 2 rings (SSSR count). The summed E-state index contributed by atoms with van der Waals surface area (Å²) in [5.41, 5.74) is 1.61. The van der Waals surface area contributed by atoms with Crippen LogP contribution in [0, 0.1) is 0 Å². The highest BCUT2D eigenvalue weighted by Gasteiger charge is 2.04. The van der Waals surface area contributed by atoms with E-state index in [4.69, 9.17) is 9.47 Å². The fraction of sp³-hybridized carbons (Fsp3) is 0.458. The van der Waals surface area contributed by atoms with Crippen LogP contribution in [0.5, 0.6) is 11.5 Å². The van der Waals surface area contributed by atoms with Crippen LogP contribution in [0.3, 0.4) is 0 Å². The van der Waals surface area contributed by atoms with Gasteiger partial charge >= 0.3 is 0 Å². The van der Waals surface area contributed by atoms with Gasteiger partial charge in [-0.1, -0.05) is 38.7 Å². The van der Waals surface area contributed by atoms with Gasteiger partial charge in [0.25, 0.3) is 0 Å². The summed E-state index contributed by atoms with van der Waals surface area (Å²) in [4.78, 5) is 12.2. The zero-order chi connectivity index (χ0) is 20.9. The van der Waals surface area contributed by atoms with Crippen LogP contribution >= 0.6 is 0 Å². The van der Waals surface area contributed by atoms with Gasteiger partial charge in [-0.25, -0.2) is 0 Å². The molecule has 158 valence electrons. The Hall–Kier alpha value is -2.69. The number of carbonyl (C=O) groups excluding carboxylic acids is 1. The van der Waals surface area contributed by atoms with E-state index in [9.17, 15) is 4.79 Å². The van der Waals surface area contributed by atoms with Crippen LogP contribution in [0.2, 0.25) is 0 Å². The normalized spacial score (nSPS) is 10.6. The molecule has 0 aliphatic rings. The van der Waals surface area contributed by atoms with Crippen LogP contribution in [0.25, 0.3) is 0 Å². The largest absolute Gasteiger partial charge is 0.494 e. The summed E-state index contributed by atoms with van der Waals surface area (Å²) < 4.78 is 11.4. The van der Waals surface area contributed by atoms with Crippen molar-refractivity contribution >= 4 is 17.3 Å². The monoisotopic (exact) mass is 398 g/mol. The highest BCUT2D eigenvalue weighted by molar-refractivity contribution is 5.93. The van der Waals surface area contributed by atoms with E-state index in [1.165, 1.54) is 25.7 Å². The Labute approximate surface area is 174 Å². The molecule has 0 aromatic heterocycles.